The molecule has 0 radical (unpaired) electrons. The Labute approximate surface area is 195 Å². The van der Waals surface area contributed by atoms with Gasteiger partial charge in [0.1, 0.15) is 5.69 Å². The summed E-state index contributed by atoms with van der Waals surface area (Å²) in [7, 11) is 2.85. The minimum absolute atomic E-state index is 0.138. The number of nitrogens with zero attached hydrogens (tertiary/aromatic N) is 1. The van der Waals surface area contributed by atoms with Gasteiger partial charge in [-0.05, 0) is 48.0 Å². The van der Waals surface area contributed by atoms with E-state index in [0.717, 1.165) is 5.56 Å². The van der Waals surface area contributed by atoms with Gasteiger partial charge in [-0.1, -0.05) is 41.9 Å². The average Bonchev–Trinajstić information content (AvgIpc) is 2.85. The summed E-state index contributed by atoms with van der Waals surface area (Å²) < 4.78 is 6.80. The number of nitrogens with one attached hydrogen (secondary N) is 1. The Morgan fingerprint density at radius 1 is 1.00 bits per heavy atom. The Bertz CT molecular complexity index is 1410. The number of aromatic nitrogens is 1. The number of amides is 1. The molecule has 0 aliphatic rings. The summed E-state index contributed by atoms with van der Waals surface area (Å²) in [6.07, 6.45) is 0.183. The fourth-order valence-electron chi connectivity index (χ4n) is 3.85. The highest BCUT2D eigenvalue weighted by atomic mass is 35.5. The highest BCUT2D eigenvalue weighted by Gasteiger charge is 2.24. The van der Waals surface area contributed by atoms with Gasteiger partial charge < -0.3 is 14.6 Å². The fraction of sp³-hybridized carbons (Fsp3) is 0.115. The van der Waals surface area contributed by atoms with Crippen LogP contribution in [-0.4, -0.2) is 30.6 Å². The lowest BCUT2D eigenvalue weighted by atomic mass is 9.98. The van der Waals surface area contributed by atoms with Crippen LogP contribution in [0.2, 0.25) is 5.02 Å². The number of hydrogen-bond acceptors (Lipinski definition) is 4. The van der Waals surface area contributed by atoms with Gasteiger partial charge in [0.25, 0.3) is 5.91 Å². The van der Waals surface area contributed by atoms with Gasteiger partial charge in [0.15, 0.2) is 5.43 Å². The van der Waals surface area contributed by atoms with Crippen molar-refractivity contribution in [2.24, 2.45) is 0 Å². The number of methoxy groups -OCH3 is 1. The van der Waals surface area contributed by atoms with E-state index in [1.165, 1.54) is 7.11 Å². The number of halogens is 1. The SMILES string of the molecule is CNC(=O)c1ccc(Cc2c(C(=O)OC)n(-c3ccccc3)c3cc(Cl)ccc3c2=O)cc1. The van der Waals surface area contributed by atoms with Crippen LogP contribution in [0.15, 0.2) is 77.6 Å². The molecule has 0 aliphatic heterocycles. The zero-order valence-electron chi connectivity index (χ0n) is 18.1. The Morgan fingerprint density at radius 2 is 1.70 bits per heavy atom. The normalized spacial score (nSPS) is 10.8. The van der Waals surface area contributed by atoms with Crippen LogP contribution in [0.3, 0.4) is 0 Å². The molecule has 0 saturated heterocycles. The van der Waals surface area contributed by atoms with Gasteiger partial charge >= 0.3 is 5.97 Å². The molecule has 6 nitrogen and oxygen atoms in total. The zero-order chi connectivity index (χ0) is 23.5. The maximum absolute atomic E-state index is 13.6. The van der Waals surface area contributed by atoms with E-state index in [2.05, 4.69) is 5.32 Å². The molecular weight excluding hydrogens is 440 g/mol. The first kappa shape index (κ1) is 22.3. The monoisotopic (exact) mass is 460 g/mol. The molecule has 166 valence electrons. The number of carbonyl (C=O) groups is 2. The van der Waals surface area contributed by atoms with E-state index in [9.17, 15) is 14.4 Å². The number of esters is 1. The lowest BCUT2D eigenvalue weighted by molar-refractivity contribution is 0.0590. The molecule has 4 aromatic rings. The van der Waals surface area contributed by atoms with E-state index in [1.807, 2.05) is 30.3 Å². The number of para-hydroxylation sites is 1. The van der Waals surface area contributed by atoms with Crippen LogP contribution in [-0.2, 0) is 11.2 Å². The maximum Gasteiger partial charge on any atom is 0.355 e. The van der Waals surface area contributed by atoms with Crippen molar-refractivity contribution >= 4 is 34.4 Å². The van der Waals surface area contributed by atoms with E-state index in [4.69, 9.17) is 16.3 Å². The van der Waals surface area contributed by atoms with Gasteiger partial charge in [-0.3, -0.25) is 9.59 Å². The average molecular weight is 461 g/mol. The number of ether oxygens (including phenoxy) is 1. The van der Waals surface area contributed by atoms with Crippen molar-refractivity contribution in [3.63, 3.8) is 0 Å². The molecule has 0 saturated carbocycles. The standard InChI is InChI=1S/C26H21ClN2O4/c1-28-25(31)17-10-8-16(9-11-17)14-21-23(26(32)33-2)29(19-6-4-3-5-7-19)22-15-18(27)12-13-20(22)24(21)30/h3-13,15H,14H2,1-2H3,(H,28,31). The molecular formula is C26H21ClN2O4. The maximum atomic E-state index is 13.6. The van der Waals surface area contributed by atoms with Crippen molar-refractivity contribution in [2.45, 2.75) is 6.42 Å². The van der Waals surface area contributed by atoms with Crippen LogP contribution < -0.4 is 10.7 Å². The summed E-state index contributed by atoms with van der Waals surface area (Å²) in [6.45, 7) is 0. The third-order valence-corrected chi connectivity index (χ3v) is 5.68. The Kier molecular flexibility index (Phi) is 6.29. The van der Waals surface area contributed by atoms with Crippen LogP contribution in [0.25, 0.3) is 16.6 Å². The smallest absolute Gasteiger partial charge is 0.355 e. The molecule has 0 aliphatic carbocycles. The predicted molar refractivity (Wildman–Crippen MR) is 129 cm³/mol. The summed E-state index contributed by atoms with van der Waals surface area (Å²) >= 11 is 6.25. The predicted octanol–water partition coefficient (Wildman–Crippen LogP) is 4.38. The van der Waals surface area contributed by atoms with Crippen LogP contribution in [0.4, 0.5) is 0 Å². The fourth-order valence-corrected chi connectivity index (χ4v) is 4.02. The molecule has 0 unspecified atom stereocenters. The lowest BCUT2D eigenvalue weighted by Crippen LogP contribution is -2.24. The molecule has 0 spiro atoms. The lowest BCUT2D eigenvalue weighted by Gasteiger charge is -2.19. The first-order valence-corrected chi connectivity index (χ1v) is 10.6. The first-order chi connectivity index (χ1) is 15.9. The topological polar surface area (TPSA) is 77.4 Å². The largest absolute Gasteiger partial charge is 0.464 e. The molecule has 0 bridgehead atoms. The second-order valence-electron chi connectivity index (χ2n) is 7.43. The molecule has 1 aromatic heterocycles. The second-order valence-corrected chi connectivity index (χ2v) is 7.87. The minimum atomic E-state index is -0.630. The highest BCUT2D eigenvalue weighted by Crippen LogP contribution is 2.26. The third-order valence-electron chi connectivity index (χ3n) is 5.45. The quantitative estimate of drug-likeness (QED) is 0.448. The molecule has 3 aromatic carbocycles. The van der Waals surface area contributed by atoms with Gasteiger partial charge in [0, 0.05) is 40.7 Å². The molecule has 0 fully saturated rings. The van der Waals surface area contributed by atoms with E-state index in [0.29, 0.717) is 32.7 Å². The van der Waals surface area contributed by atoms with Crippen molar-refractivity contribution in [1.82, 2.24) is 9.88 Å². The number of carbonyl (C=O) groups excluding carboxylic acids is 2. The van der Waals surface area contributed by atoms with Gasteiger partial charge in [-0.25, -0.2) is 4.79 Å². The summed E-state index contributed by atoms with van der Waals surface area (Å²) in [6, 6.07) is 21.1. The second kappa shape index (κ2) is 9.30. The van der Waals surface area contributed by atoms with Gasteiger partial charge in [-0.15, -0.1) is 0 Å². The number of rotatable bonds is 5. The van der Waals surface area contributed by atoms with Crippen LogP contribution in [0.5, 0.6) is 0 Å². The summed E-state index contributed by atoms with van der Waals surface area (Å²) in [4.78, 5) is 38.4. The number of pyridine rings is 1. The van der Waals surface area contributed by atoms with Gasteiger partial charge in [0.2, 0.25) is 0 Å². The molecule has 4 rings (SSSR count). The van der Waals surface area contributed by atoms with E-state index in [-0.39, 0.29) is 23.5 Å². The van der Waals surface area contributed by atoms with E-state index >= 15 is 0 Å². The van der Waals surface area contributed by atoms with Crippen LogP contribution >= 0.6 is 11.6 Å². The van der Waals surface area contributed by atoms with Crippen LogP contribution in [0, 0.1) is 0 Å². The van der Waals surface area contributed by atoms with Crippen molar-refractivity contribution in [2.75, 3.05) is 14.2 Å². The first-order valence-electron chi connectivity index (χ1n) is 10.3. The third kappa shape index (κ3) is 4.25. The Balaban J connectivity index is 2.00. The van der Waals surface area contributed by atoms with Crippen molar-refractivity contribution in [3.05, 3.63) is 110 Å². The summed E-state index contributed by atoms with van der Waals surface area (Å²) in [5, 5.41) is 3.46. The van der Waals surface area contributed by atoms with E-state index < -0.39 is 5.97 Å². The summed E-state index contributed by atoms with van der Waals surface area (Å²) in [5.41, 5.74) is 2.65. The van der Waals surface area contributed by atoms with Gasteiger partial charge in [-0.2, -0.15) is 0 Å². The minimum Gasteiger partial charge on any atom is -0.464 e. The van der Waals surface area contributed by atoms with E-state index in [1.54, 1.807) is 54.1 Å². The zero-order valence-corrected chi connectivity index (χ0v) is 18.8. The number of hydrogen-bond donors (Lipinski definition) is 1. The number of benzene rings is 3. The number of fused-ring (bicyclic) bond motifs is 1. The van der Waals surface area contributed by atoms with Crippen molar-refractivity contribution in [3.8, 4) is 5.69 Å². The molecule has 1 heterocycles. The molecule has 0 atom stereocenters. The summed E-state index contributed by atoms with van der Waals surface area (Å²) in [5.74, 6) is -0.833. The highest BCUT2D eigenvalue weighted by molar-refractivity contribution is 6.31. The van der Waals surface area contributed by atoms with Crippen molar-refractivity contribution in [1.29, 1.82) is 0 Å². The molecule has 33 heavy (non-hydrogen) atoms. The van der Waals surface area contributed by atoms with Crippen molar-refractivity contribution < 1.29 is 14.3 Å². The van der Waals surface area contributed by atoms with Crippen LogP contribution in [0.1, 0.15) is 32.0 Å². The molecule has 1 N–H and O–H groups in total. The Morgan fingerprint density at radius 3 is 2.33 bits per heavy atom. The molecule has 7 heteroatoms. The Hall–Kier alpha value is -3.90. The van der Waals surface area contributed by atoms with Gasteiger partial charge in [0.05, 0.1) is 12.6 Å². The molecule has 1 amide bonds.